The van der Waals surface area contributed by atoms with Crippen molar-refractivity contribution in [3.63, 3.8) is 0 Å². The van der Waals surface area contributed by atoms with Crippen molar-refractivity contribution in [2.45, 2.75) is 25.8 Å². The number of hydrogen-bond acceptors (Lipinski definition) is 4. The SMILES string of the molecule is Cc1ccc([N+](=O)[O-])cc1NC(=O)N1CCC[C@@H]1C(=O)O. The van der Waals surface area contributed by atoms with E-state index in [4.69, 9.17) is 5.11 Å². The molecule has 1 aromatic rings. The van der Waals surface area contributed by atoms with E-state index in [0.29, 0.717) is 30.6 Å². The average molecular weight is 293 g/mol. The molecule has 1 heterocycles. The van der Waals surface area contributed by atoms with Gasteiger partial charge >= 0.3 is 12.0 Å². The van der Waals surface area contributed by atoms with E-state index in [1.165, 1.54) is 23.1 Å². The third-order valence-corrected chi connectivity index (χ3v) is 3.47. The number of carboxylic acid groups (broad SMARTS) is 1. The van der Waals surface area contributed by atoms with Gasteiger partial charge in [-0.05, 0) is 25.3 Å². The number of rotatable bonds is 3. The molecule has 0 saturated carbocycles. The summed E-state index contributed by atoms with van der Waals surface area (Å²) in [5.41, 5.74) is 0.845. The summed E-state index contributed by atoms with van der Waals surface area (Å²) in [5, 5.41) is 22.4. The summed E-state index contributed by atoms with van der Waals surface area (Å²) < 4.78 is 0. The molecule has 8 heteroatoms. The van der Waals surface area contributed by atoms with Crippen LogP contribution in [-0.2, 0) is 4.79 Å². The van der Waals surface area contributed by atoms with Gasteiger partial charge in [-0.1, -0.05) is 6.07 Å². The second-order valence-corrected chi connectivity index (χ2v) is 4.88. The van der Waals surface area contributed by atoms with Gasteiger partial charge in [0.15, 0.2) is 0 Å². The number of amides is 2. The summed E-state index contributed by atoms with van der Waals surface area (Å²) in [5.74, 6) is -1.04. The van der Waals surface area contributed by atoms with E-state index in [2.05, 4.69) is 5.32 Å². The van der Waals surface area contributed by atoms with Crippen molar-refractivity contribution in [1.29, 1.82) is 0 Å². The minimum absolute atomic E-state index is 0.132. The molecule has 0 spiro atoms. The van der Waals surface area contributed by atoms with Gasteiger partial charge < -0.3 is 15.3 Å². The Bertz CT molecular complexity index is 601. The van der Waals surface area contributed by atoms with Crippen LogP contribution < -0.4 is 5.32 Å². The standard InChI is InChI=1S/C13H15N3O5/c1-8-4-5-9(16(20)21)7-10(8)14-13(19)15-6-2-3-11(15)12(17)18/h4-5,7,11H,2-3,6H2,1H3,(H,14,19)(H,17,18)/t11-/m1/s1. The Morgan fingerprint density at radius 1 is 1.48 bits per heavy atom. The maximum Gasteiger partial charge on any atom is 0.326 e. The Labute approximate surface area is 120 Å². The number of likely N-dealkylation sites (tertiary alicyclic amines) is 1. The molecule has 1 fully saturated rings. The zero-order valence-electron chi connectivity index (χ0n) is 11.4. The van der Waals surface area contributed by atoms with Gasteiger partial charge in [-0.25, -0.2) is 9.59 Å². The van der Waals surface area contributed by atoms with E-state index in [0.717, 1.165) is 0 Å². The summed E-state index contributed by atoms with van der Waals surface area (Å²) in [7, 11) is 0. The number of anilines is 1. The Hall–Kier alpha value is -2.64. The smallest absolute Gasteiger partial charge is 0.326 e. The molecule has 21 heavy (non-hydrogen) atoms. The van der Waals surface area contributed by atoms with Crippen molar-refractivity contribution in [2.75, 3.05) is 11.9 Å². The summed E-state index contributed by atoms with van der Waals surface area (Å²) in [6.45, 7) is 2.06. The molecule has 0 radical (unpaired) electrons. The maximum absolute atomic E-state index is 12.1. The van der Waals surface area contributed by atoms with Crippen LogP contribution in [-0.4, -0.2) is 39.5 Å². The number of benzene rings is 1. The first-order valence-electron chi connectivity index (χ1n) is 6.45. The van der Waals surface area contributed by atoms with E-state index >= 15 is 0 Å². The van der Waals surface area contributed by atoms with Crippen molar-refractivity contribution in [3.8, 4) is 0 Å². The van der Waals surface area contributed by atoms with Gasteiger partial charge in [-0.15, -0.1) is 0 Å². The van der Waals surface area contributed by atoms with E-state index in [1.54, 1.807) is 6.92 Å². The molecule has 0 aliphatic carbocycles. The number of nitrogens with one attached hydrogen (secondary N) is 1. The van der Waals surface area contributed by atoms with Crippen molar-refractivity contribution in [2.24, 2.45) is 0 Å². The van der Waals surface area contributed by atoms with Gasteiger partial charge in [0.1, 0.15) is 6.04 Å². The van der Waals surface area contributed by atoms with Gasteiger partial charge in [-0.3, -0.25) is 10.1 Å². The number of carbonyl (C=O) groups excluding carboxylic acids is 1. The van der Waals surface area contributed by atoms with Gasteiger partial charge in [-0.2, -0.15) is 0 Å². The lowest BCUT2D eigenvalue weighted by Crippen LogP contribution is -2.42. The van der Waals surface area contributed by atoms with Gasteiger partial charge in [0.2, 0.25) is 0 Å². The topological polar surface area (TPSA) is 113 Å². The minimum Gasteiger partial charge on any atom is -0.480 e. The predicted molar refractivity (Wildman–Crippen MR) is 74.2 cm³/mol. The number of nitro groups is 1. The molecule has 1 aliphatic heterocycles. The second kappa shape index (κ2) is 5.78. The number of hydrogen-bond donors (Lipinski definition) is 2. The first kappa shape index (κ1) is 14.8. The number of carboxylic acids is 1. The fraction of sp³-hybridized carbons (Fsp3) is 0.385. The minimum atomic E-state index is -1.04. The summed E-state index contributed by atoms with van der Waals surface area (Å²) in [6, 6.07) is 2.75. The highest BCUT2D eigenvalue weighted by Gasteiger charge is 2.34. The Morgan fingerprint density at radius 3 is 2.81 bits per heavy atom. The molecule has 2 rings (SSSR count). The number of carbonyl (C=O) groups is 2. The summed E-state index contributed by atoms with van der Waals surface area (Å²) >= 11 is 0. The van der Waals surface area contributed by atoms with Crippen LogP contribution in [0.5, 0.6) is 0 Å². The van der Waals surface area contributed by atoms with Crippen LogP contribution in [0.25, 0.3) is 0 Å². The molecule has 1 saturated heterocycles. The molecule has 1 aliphatic rings. The number of nitro benzene ring substituents is 1. The zero-order valence-corrected chi connectivity index (χ0v) is 11.4. The first-order valence-corrected chi connectivity index (χ1v) is 6.45. The Morgan fingerprint density at radius 2 is 2.19 bits per heavy atom. The van der Waals surface area contributed by atoms with Crippen molar-refractivity contribution < 1.29 is 19.6 Å². The van der Waals surface area contributed by atoms with E-state index in [1.807, 2.05) is 0 Å². The average Bonchev–Trinajstić information content (AvgIpc) is 2.90. The summed E-state index contributed by atoms with van der Waals surface area (Å²) in [4.78, 5) is 34.7. The lowest BCUT2D eigenvalue weighted by atomic mass is 10.2. The molecular weight excluding hydrogens is 278 g/mol. The summed E-state index contributed by atoms with van der Waals surface area (Å²) in [6.07, 6.45) is 1.04. The molecule has 2 amide bonds. The molecule has 8 nitrogen and oxygen atoms in total. The van der Waals surface area contributed by atoms with E-state index < -0.39 is 23.0 Å². The van der Waals surface area contributed by atoms with Crippen LogP contribution in [0.4, 0.5) is 16.2 Å². The fourth-order valence-corrected chi connectivity index (χ4v) is 2.31. The zero-order chi connectivity index (χ0) is 15.6. The molecule has 0 bridgehead atoms. The molecule has 112 valence electrons. The first-order chi connectivity index (χ1) is 9.90. The van der Waals surface area contributed by atoms with E-state index in [9.17, 15) is 19.7 Å². The third kappa shape index (κ3) is 3.10. The van der Waals surface area contributed by atoms with Crippen LogP contribution in [0.3, 0.4) is 0 Å². The quantitative estimate of drug-likeness (QED) is 0.653. The van der Waals surface area contributed by atoms with Gasteiger partial charge in [0.05, 0.1) is 10.6 Å². The monoisotopic (exact) mass is 293 g/mol. The lowest BCUT2D eigenvalue weighted by Gasteiger charge is -2.22. The van der Waals surface area contributed by atoms with Crippen molar-refractivity contribution in [1.82, 2.24) is 4.90 Å². The van der Waals surface area contributed by atoms with Gasteiger partial charge in [0, 0.05) is 18.7 Å². The van der Waals surface area contributed by atoms with Crippen LogP contribution in [0.2, 0.25) is 0 Å². The molecule has 2 N–H and O–H groups in total. The highest BCUT2D eigenvalue weighted by atomic mass is 16.6. The fourth-order valence-electron chi connectivity index (χ4n) is 2.31. The predicted octanol–water partition coefficient (Wildman–Crippen LogP) is 1.98. The molecular formula is C13H15N3O5. The number of aliphatic carboxylic acids is 1. The van der Waals surface area contributed by atoms with Crippen molar-refractivity contribution in [3.05, 3.63) is 33.9 Å². The Kier molecular flexibility index (Phi) is 4.06. The largest absolute Gasteiger partial charge is 0.480 e. The molecule has 0 aromatic heterocycles. The molecule has 0 unspecified atom stereocenters. The number of non-ortho nitro benzene ring substituents is 1. The number of urea groups is 1. The normalized spacial score (nSPS) is 17.6. The van der Waals surface area contributed by atoms with Crippen LogP contribution in [0.1, 0.15) is 18.4 Å². The highest BCUT2D eigenvalue weighted by molar-refractivity contribution is 5.93. The Balaban J connectivity index is 2.18. The molecule has 1 aromatic carbocycles. The van der Waals surface area contributed by atoms with Crippen LogP contribution >= 0.6 is 0 Å². The van der Waals surface area contributed by atoms with Crippen LogP contribution in [0.15, 0.2) is 18.2 Å². The van der Waals surface area contributed by atoms with Crippen LogP contribution in [0, 0.1) is 17.0 Å². The van der Waals surface area contributed by atoms with Crippen molar-refractivity contribution >= 4 is 23.4 Å². The molecule has 1 atom stereocenters. The van der Waals surface area contributed by atoms with Gasteiger partial charge in [0.25, 0.3) is 5.69 Å². The van der Waals surface area contributed by atoms with E-state index in [-0.39, 0.29) is 5.69 Å². The number of nitrogens with zero attached hydrogens (tertiary/aromatic N) is 2. The lowest BCUT2D eigenvalue weighted by molar-refractivity contribution is -0.384. The third-order valence-electron chi connectivity index (χ3n) is 3.47. The maximum atomic E-state index is 12.1. The second-order valence-electron chi connectivity index (χ2n) is 4.88. The highest BCUT2D eigenvalue weighted by Crippen LogP contribution is 2.24. The number of aryl methyl sites for hydroxylation is 1.